The first-order valence-electron chi connectivity index (χ1n) is 4.67. The van der Waals surface area contributed by atoms with Crippen LogP contribution in [0.15, 0.2) is 18.2 Å². The van der Waals surface area contributed by atoms with E-state index in [0.29, 0.717) is 28.8 Å². The molecule has 0 aliphatic carbocycles. The van der Waals surface area contributed by atoms with Crippen LogP contribution in [0.25, 0.3) is 0 Å². The van der Waals surface area contributed by atoms with Crippen LogP contribution in [-0.2, 0) is 6.42 Å². The highest BCUT2D eigenvalue weighted by Gasteiger charge is 2.12. The number of hydrogen-bond acceptors (Lipinski definition) is 0. The van der Waals surface area contributed by atoms with E-state index in [1.54, 1.807) is 12.1 Å². The third-order valence-corrected chi connectivity index (χ3v) is 3.14. The average Bonchev–Trinajstić information content (AvgIpc) is 2.18. The number of halogens is 3. The Labute approximate surface area is 94.0 Å². The largest absolute Gasteiger partial charge is 0.207 e. The number of hydrogen-bond donors (Lipinski definition) is 0. The van der Waals surface area contributed by atoms with E-state index in [0.717, 1.165) is 6.42 Å². The summed E-state index contributed by atoms with van der Waals surface area (Å²) in [4.78, 5) is 0. The lowest BCUT2D eigenvalue weighted by Gasteiger charge is -2.12. The highest BCUT2D eigenvalue weighted by Crippen LogP contribution is 2.23. The molecule has 0 fully saturated rings. The van der Waals surface area contributed by atoms with Crippen LogP contribution in [-0.4, -0.2) is 5.88 Å². The van der Waals surface area contributed by atoms with Crippen molar-refractivity contribution in [1.29, 1.82) is 0 Å². The van der Waals surface area contributed by atoms with Gasteiger partial charge in [0.1, 0.15) is 5.82 Å². The molecule has 0 radical (unpaired) electrons. The van der Waals surface area contributed by atoms with Gasteiger partial charge in [0.2, 0.25) is 0 Å². The van der Waals surface area contributed by atoms with E-state index >= 15 is 0 Å². The van der Waals surface area contributed by atoms with Gasteiger partial charge in [0.15, 0.2) is 0 Å². The summed E-state index contributed by atoms with van der Waals surface area (Å²) in [6, 6.07) is 4.76. The molecule has 0 aliphatic heterocycles. The van der Waals surface area contributed by atoms with Crippen LogP contribution < -0.4 is 0 Å². The van der Waals surface area contributed by atoms with Gasteiger partial charge in [-0.1, -0.05) is 31.0 Å². The van der Waals surface area contributed by atoms with Crippen LogP contribution in [0.5, 0.6) is 0 Å². The van der Waals surface area contributed by atoms with Crippen molar-refractivity contribution in [3.05, 3.63) is 34.6 Å². The summed E-state index contributed by atoms with van der Waals surface area (Å²) >= 11 is 11.7. The standard InChI is InChI=1S/C11H13Cl2F/c1-2-8(7-12)6-9-10(13)4-3-5-11(9)14/h3-5,8H,2,6-7H2,1H3. The Morgan fingerprint density at radius 2 is 2.14 bits per heavy atom. The Hall–Kier alpha value is -0.270. The SMILES string of the molecule is CCC(CCl)Cc1c(F)cccc1Cl. The van der Waals surface area contributed by atoms with Gasteiger partial charge in [-0.15, -0.1) is 11.6 Å². The Morgan fingerprint density at radius 3 is 2.64 bits per heavy atom. The molecule has 1 atom stereocenters. The third kappa shape index (κ3) is 2.86. The van der Waals surface area contributed by atoms with Gasteiger partial charge >= 0.3 is 0 Å². The molecule has 0 aromatic heterocycles. The van der Waals surface area contributed by atoms with Crippen molar-refractivity contribution in [3.63, 3.8) is 0 Å². The molecular weight excluding hydrogens is 222 g/mol. The maximum Gasteiger partial charge on any atom is 0.127 e. The molecular formula is C11H13Cl2F. The van der Waals surface area contributed by atoms with E-state index < -0.39 is 0 Å². The van der Waals surface area contributed by atoms with Crippen LogP contribution in [0, 0.1) is 11.7 Å². The Kier molecular flexibility index (Phi) is 4.70. The number of rotatable bonds is 4. The fraction of sp³-hybridized carbons (Fsp3) is 0.455. The molecule has 1 aromatic carbocycles. The normalized spacial score (nSPS) is 12.9. The second kappa shape index (κ2) is 5.57. The molecule has 0 heterocycles. The molecule has 0 saturated heterocycles. The van der Waals surface area contributed by atoms with Crippen LogP contribution in [0.1, 0.15) is 18.9 Å². The fourth-order valence-corrected chi connectivity index (χ4v) is 1.89. The van der Waals surface area contributed by atoms with Crippen LogP contribution in [0.3, 0.4) is 0 Å². The highest BCUT2D eigenvalue weighted by molar-refractivity contribution is 6.31. The lowest BCUT2D eigenvalue weighted by atomic mass is 9.98. The monoisotopic (exact) mass is 234 g/mol. The van der Waals surface area contributed by atoms with Crippen molar-refractivity contribution in [2.75, 3.05) is 5.88 Å². The lowest BCUT2D eigenvalue weighted by Crippen LogP contribution is -2.06. The maximum absolute atomic E-state index is 13.4. The minimum absolute atomic E-state index is 0.235. The minimum atomic E-state index is -0.235. The van der Waals surface area contributed by atoms with Crippen molar-refractivity contribution in [2.45, 2.75) is 19.8 Å². The van der Waals surface area contributed by atoms with Gasteiger partial charge in [-0.25, -0.2) is 4.39 Å². The molecule has 14 heavy (non-hydrogen) atoms. The molecule has 0 N–H and O–H groups in total. The van der Waals surface area contributed by atoms with Crippen LogP contribution >= 0.6 is 23.2 Å². The zero-order chi connectivity index (χ0) is 10.6. The quantitative estimate of drug-likeness (QED) is 0.683. The second-order valence-corrected chi connectivity index (χ2v) is 4.05. The topological polar surface area (TPSA) is 0 Å². The maximum atomic E-state index is 13.4. The molecule has 0 amide bonds. The van der Waals surface area contributed by atoms with Gasteiger partial charge in [-0.3, -0.25) is 0 Å². The van der Waals surface area contributed by atoms with Gasteiger partial charge in [0.25, 0.3) is 0 Å². The predicted octanol–water partition coefficient (Wildman–Crippen LogP) is 4.29. The number of benzene rings is 1. The molecule has 0 spiro atoms. The predicted molar refractivity (Wildman–Crippen MR) is 59.6 cm³/mol. The van der Waals surface area contributed by atoms with E-state index in [1.165, 1.54) is 6.07 Å². The van der Waals surface area contributed by atoms with Crippen molar-refractivity contribution in [1.82, 2.24) is 0 Å². The van der Waals surface area contributed by atoms with Gasteiger partial charge in [-0.05, 0) is 24.5 Å². The first-order valence-corrected chi connectivity index (χ1v) is 5.59. The molecule has 0 aliphatic rings. The summed E-state index contributed by atoms with van der Waals surface area (Å²) in [5, 5.41) is 0.494. The molecule has 3 heteroatoms. The van der Waals surface area contributed by atoms with Gasteiger partial charge in [0, 0.05) is 16.5 Å². The average molecular weight is 235 g/mol. The van der Waals surface area contributed by atoms with E-state index in [9.17, 15) is 4.39 Å². The van der Waals surface area contributed by atoms with Gasteiger partial charge < -0.3 is 0 Å². The number of alkyl halides is 1. The Balaban J connectivity index is 2.84. The lowest BCUT2D eigenvalue weighted by molar-refractivity contribution is 0.536. The van der Waals surface area contributed by atoms with Crippen molar-refractivity contribution in [2.24, 2.45) is 5.92 Å². The van der Waals surface area contributed by atoms with E-state index in [4.69, 9.17) is 23.2 Å². The Morgan fingerprint density at radius 1 is 1.43 bits per heavy atom. The minimum Gasteiger partial charge on any atom is -0.207 e. The van der Waals surface area contributed by atoms with E-state index in [2.05, 4.69) is 0 Å². The van der Waals surface area contributed by atoms with E-state index in [1.807, 2.05) is 6.92 Å². The first kappa shape index (κ1) is 11.8. The molecule has 1 unspecified atom stereocenters. The van der Waals surface area contributed by atoms with Crippen molar-refractivity contribution >= 4 is 23.2 Å². The third-order valence-electron chi connectivity index (χ3n) is 2.35. The molecule has 1 rings (SSSR count). The molecule has 0 bridgehead atoms. The van der Waals surface area contributed by atoms with E-state index in [-0.39, 0.29) is 5.82 Å². The smallest absolute Gasteiger partial charge is 0.127 e. The zero-order valence-electron chi connectivity index (χ0n) is 8.06. The molecule has 78 valence electrons. The van der Waals surface area contributed by atoms with Crippen LogP contribution in [0.2, 0.25) is 5.02 Å². The summed E-state index contributed by atoms with van der Waals surface area (Å²) in [5.41, 5.74) is 0.585. The Bertz CT molecular complexity index is 275. The molecule has 0 saturated carbocycles. The molecule has 1 aromatic rings. The second-order valence-electron chi connectivity index (χ2n) is 3.33. The van der Waals surface area contributed by atoms with Crippen molar-refractivity contribution in [3.8, 4) is 0 Å². The summed E-state index contributed by atoms with van der Waals surface area (Å²) in [6.45, 7) is 2.04. The first-order chi connectivity index (χ1) is 6.69. The van der Waals surface area contributed by atoms with Gasteiger partial charge in [-0.2, -0.15) is 0 Å². The summed E-state index contributed by atoms with van der Waals surface area (Å²) in [6.07, 6.45) is 1.56. The fourth-order valence-electron chi connectivity index (χ4n) is 1.32. The highest BCUT2D eigenvalue weighted by atomic mass is 35.5. The summed E-state index contributed by atoms with van der Waals surface area (Å²) < 4.78 is 13.4. The van der Waals surface area contributed by atoms with Crippen LogP contribution in [0.4, 0.5) is 4.39 Å². The van der Waals surface area contributed by atoms with Crippen molar-refractivity contribution < 1.29 is 4.39 Å². The molecule has 0 nitrogen and oxygen atoms in total. The summed E-state index contributed by atoms with van der Waals surface area (Å²) in [5.74, 6) is 0.605. The zero-order valence-corrected chi connectivity index (χ0v) is 9.58. The van der Waals surface area contributed by atoms with Gasteiger partial charge in [0.05, 0.1) is 0 Å². The summed E-state index contributed by atoms with van der Waals surface area (Å²) in [7, 11) is 0.